The molecule has 1 aromatic rings. The van der Waals surface area contributed by atoms with E-state index in [4.69, 9.17) is 0 Å². The largest absolute Gasteiger partial charge is 0.396 e. The zero-order valence-corrected chi connectivity index (χ0v) is 9.89. The van der Waals surface area contributed by atoms with E-state index in [2.05, 4.69) is 15.7 Å². The van der Waals surface area contributed by atoms with Crippen molar-refractivity contribution in [2.24, 2.45) is 5.92 Å². The molecule has 0 bridgehead atoms. The third-order valence-electron chi connectivity index (χ3n) is 3.08. The van der Waals surface area contributed by atoms with E-state index >= 15 is 0 Å². The number of nitrogens with one attached hydrogen (secondary N) is 1. The van der Waals surface area contributed by atoms with Gasteiger partial charge >= 0.3 is 0 Å². The zero-order valence-electron chi connectivity index (χ0n) is 9.07. The van der Waals surface area contributed by atoms with Gasteiger partial charge in [-0.25, -0.2) is 4.98 Å². The molecule has 1 saturated carbocycles. The number of rotatable bonds is 4. The number of hydrogen-bond acceptors (Lipinski definition) is 4. The Morgan fingerprint density at radius 2 is 2.47 bits per heavy atom. The highest BCUT2D eigenvalue weighted by Gasteiger charge is 2.25. The number of aryl methyl sites for hydroxylation is 1. The number of thiazole rings is 1. The third-order valence-corrected chi connectivity index (χ3v) is 4.04. The lowest BCUT2D eigenvalue weighted by molar-refractivity contribution is 0.205. The van der Waals surface area contributed by atoms with Gasteiger partial charge in [-0.2, -0.15) is 0 Å². The van der Waals surface area contributed by atoms with Gasteiger partial charge in [0.25, 0.3) is 0 Å². The molecule has 0 aromatic carbocycles. The van der Waals surface area contributed by atoms with E-state index in [1.807, 2.05) is 6.92 Å². The Bertz CT molecular complexity index is 313. The fraction of sp³-hybridized carbons (Fsp3) is 0.727. The van der Waals surface area contributed by atoms with Crippen molar-refractivity contribution in [3.05, 3.63) is 16.1 Å². The smallest absolute Gasteiger partial charge is 0.107 e. The molecular formula is C11H18N2OS. The number of hydrogen-bond donors (Lipinski definition) is 2. The summed E-state index contributed by atoms with van der Waals surface area (Å²) >= 11 is 1.71. The first-order chi connectivity index (χ1) is 7.29. The van der Waals surface area contributed by atoms with E-state index < -0.39 is 0 Å². The number of aliphatic hydroxyl groups is 1. The van der Waals surface area contributed by atoms with Crippen molar-refractivity contribution in [1.82, 2.24) is 10.3 Å². The van der Waals surface area contributed by atoms with Crippen molar-refractivity contribution < 1.29 is 5.11 Å². The molecule has 2 N–H and O–H groups in total. The molecule has 1 fully saturated rings. The van der Waals surface area contributed by atoms with E-state index in [9.17, 15) is 5.11 Å². The monoisotopic (exact) mass is 226 g/mol. The second-order valence-electron chi connectivity index (χ2n) is 4.24. The van der Waals surface area contributed by atoms with Crippen LogP contribution in [0.15, 0.2) is 5.38 Å². The molecule has 0 amide bonds. The molecule has 2 rings (SSSR count). The molecular weight excluding hydrogens is 208 g/mol. The van der Waals surface area contributed by atoms with Gasteiger partial charge in [-0.3, -0.25) is 0 Å². The minimum absolute atomic E-state index is 0.314. The second-order valence-corrected chi connectivity index (χ2v) is 5.19. The minimum Gasteiger partial charge on any atom is -0.396 e. The van der Waals surface area contributed by atoms with Crippen molar-refractivity contribution in [3.63, 3.8) is 0 Å². The summed E-state index contributed by atoms with van der Waals surface area (Å²) < 4.78 is 0. The van der Waals surface area contributed by atoms with Crippen LogP contribution < -0.4 is 5.32 Å². The topological polar surface area (TPSA) is 45.1 Å². The van der Waals surface area contributed by atoms with Gasteiger partial charge in [0.15, 0.2) is 0 Å². The third kappa shape index (κ3) is 2.77. The number of nitrogens with zero attached hydrogens (tertiary/aromatic N) is 1. The molecule has 4 heteroatoms. The normalized spacial score (nSPS) is 26.0. The number of aliphatic hydroxyl groups excluding tert-OH is 1. The van der Waals surface area contributed by atoms with Crippen LogP contribution in [0, 0.1) is 12.8 Å². The first kappa shape index (κ1) is 11.0. The van der Waals surface area contributed by atoms with Crippen molar-refractivity contribution in [1.29, 1.82) is 0 Å². The van der Waals surface area contributed by atoms with Gasteiger partial charge in [0.05, 0.1) is 0 Å². The molecule has 1 heterocycles. The molecule has 3 nitrogen and oxygen atoms in total. The Morgan fingerprint density at radius 3 is 3.13 bits per heavy atom. The molecule has 0 saturated heterocycles. The first-order valence-electron chi connectivity index (χ1n) is 5.55. The quantitative estimate of drug-likeness (QED) is 0.821. The predicted octanol–water partition coefficient (Wildman–Crippen LogP) is 1.70. The molecule has 84 valence electrons. The lowest BCUT2D eigenvalue weighted by atomic mass is 10.1. The van der Waals surface area contributed by atoms with E-state index in [1.165, 1.54) is 12.8 Å². The zero-order chi connectivity index (χ0) is 10.7. The average molecular weight is 226 g/mol. The highest BCUT2D eigenvalue weighted by atomic mass is 32.1. The number of aromatic nitrogens is 1. The van der Waals surface area contributed by atoms with Crippen molar-refractivity contribution in [2.45, 2.75) is 38.8 Å². The molecule has 15 heavy (non-hydrogen) atoms. The van der Waals surface area contributed by atoms with Gasteiger partial charge in [0.1, 0.15) is 5.01 Å². The van der Waals surface area contributed by atoms with Gasteiger partial charge in [-0.15, -0.1) is 11.3 Å². The summed E-state index contributed by atoms with van der Waals surface area (Å²) in [6.07, 6.45) is 3.58. The summed E-state index contributed by atoms with van der Waals surface area (Å²) in [6.45, 7) is 3.18. The Balaban J connectivity index is 1.82. The van der Waals surface area contributed by atoms with Gasteiger partial charge in [-0.1, -0.05) is 6.42 Å². The van der Waals surface area contributed by atoms with Gasteiger partial charge in [-0.05, 0) is 25.7 Å². The maximum Gasteiger partial charge on any atom is 0.107 e. The van der Waals surface area contributed by atoms with Crippen molar-refractivity contribution >= 4 is 11.3 Å². The first-order valence-corrected chi connectivity index (χ1v) is 6.43. The molecule has 1 aliphatic rings. The van der Waals surface area contributed by atoms with Crippen LogP contribution in [0.2, 0.25) is 0 Å². The van der Waals surface area contributed by atoms with Crippen molar-refractivity contribution in [2.75, 3.05) is 6.61 Å². The summed E-state index contributed by atoms with van der Waals surface area (Å²) in [4.78, 5) is 4.42. The summed E-state index contributed by atoms with van der Waals surface area (Å²) in [7, 11) is 0. The fourth-order valence-corrected chi connectivity index (χ4v) is 2.95. The van der Waals surface area contributed by atoms with Crippen LogP contribution in [0.4, 0.5) is 0 Å². The second kappa shape index (κ2) is 5.05. The van der Waals surface area contributed by atoms with Crippen LogP contribution >= 0.6 is 11.3 Å². The maximum atomic E-state index is 9.18. The van der Waals surface area contributed by atoms with Gasteiger partial charge in [0, 0.05) is 30.3 Å². The van der Waals surface area contributed by atoms with E-state index in [1.54, 1.807) is 11.3 Å². The summed E-state index contributed by atoms with van der Waals surface area (Å²) in [5, 5.41) is 15.9. The molecule has 0 spiro atoms. The van der Waals surface area contributed by atoms with E-state index in [0.717, 1.165) is 23.7 Å². The predicted molar refractivity (Wildman–Crippen MR) is 61.9 cm³/mol. The van der Waals surface area contributed by atoms with Crippen LogP contribution in [-0.4, -0.2) is 22.7 Å². The SMILES string of the molecule is Cc1csc(CNC2CCCC2CO)n1. The Morgan fingerprint density at radius 1 is 1.60 bits per heavy atom. The molecule has 2 atom stereocenters. The molecule has 0 aliphatic heterocycles. The van der Waals surface area contributed by atoms with Crippen LogP contribution in [0.25, 0.3) is 0 Å². The fourth-order valence-electron chi connectivity index (χ4n) is 2.23. The molecule has 0 radical (unpaired) electrons. The van der Waals surface area contributed by atoms with E-state index in [-0.39, 0.29) is 0 Å². The van der Waals surface area contributed by atoms with Gasteiger partial charge in [0.2, 0.25) is 0 Å². The Hall–Kier alpha value is -0.450. The van der Waals surface area contributed by atoms with E-state index in [0.29, 0.717) is 18.6 Å². The summed E-state index contributed by atoms with van der Waals surface area (Å²) in [6, 6.07) is 0.485. The summed E-state index contributed by atoms with van der Waals surface area (Å²) in [5.41, 5.74) is 1.10. The Labute approximate surface area is 94.5 Å². The summed E-state index contributed by atoms with van der Waals surface area (Å²) in [5.74, 6) is 0.450. The van der Waals surface area contributed by atoms with Crippen LogP contribution in [0.1, 0.15) is 30.0 Å². The molecule has 2 unspecified atom stereocenters. The Kier molecular flexibility index (Phi) is 3.72. The molecule has 1 aliphatic carbocycles. The van der Waals surface area contributed by atoms with Gasteiger partial charge < -0.3 is 10.4 Å². The van der Waals surface area contributed by atoms with Crippen LogP contribution in [0.3, 0.4) is 0 Å². The van der Waals surface area contributed by atoms with Crippen LogP contribution in [0.5, 0.6) is 0 Å². The van der Waals surface area contributed by atoms with Crippen molar-refractivity contribution in [3.8, 4) is 0 Å². The lowest BCUT2D eigenvalue weighted by Crippen LogP contribution is -2.33. The lowest BCUT2D eigenvalue weighted by Gasteiger charge is -2.18. The standard InChI is InChI=1S/C11H18N2OS/c1-8-7-15-11(13-8)5-12-10-4-2-3-9(10)6-14/h7,9-10,12,14H,2-6H2,1H3. The molecule has 1 aromatic heterocycles. The van der Waals surface area contributed by atoms with Crippen LogP contribution in [-0.2, 0) is 6.54 Å². The average Bonchev–Trinajstić information content (AvgIpc) is 2.83. The highest BCUT2D eigenvalue weighted by molar-refractivity contribution is 7.09. The highest BCUT2D eigenvalue weighted by Crippen LogP contribution is 2.25. The minimum atomic E-state index is 0.314. The maximum absolute atomic E-state index is 9.18.